The third kappa shape index (κ3) is 5.09. The summed E-state index contributed by atoms with van der Waals surface area (Å²) in [6.45, 7) is 1.15. The molecule has 0 spiro atoms. The number of rotatable bonds is 8. The molecule has 1 saturated heterocycles. The van der Waals surface area contributed by atoms with Crippen LogP contribution >= 0.6 is 11.3 Å². The molecular weight excluding hydrogens is 412 g/mol. The Kier molecular flexibility index (Phi) is 7.15. The molecule has 1 N–H and O–H groups in total. The molecule has 7 nitrogen and oxygen atoms in total. The summed E-state index contributed by atoms with van der Waals surface area (Å²) >= 11 is 1.20. The zero-order valence-electron chi connectivity index (χ0n) is 16.6. The quantitative estimate of drug-likeness (QED) is 0.685. The molecular formula is C20H26N2O5S2. The number of thiophene rings is 1. The zero-order chi connectivity index (χ0) is 20.9. The summed E-state index contributed by atoms with van der Waals surface area (Å²) in [4.78, 5) is 12.6. The van der Waals surface area contributed by atoms with Crippen molar-refractivity contribution < 1.29 is 22.7 Å². The number of hydrogen-bond donors (Lipinski definition) is 1. The molecule has 1 aliphatic rings. The number of methoxy groups -OCH3 is 2. The molecule has 1 amide bonds. The monoisotopic (exact) mass is 438 g/mol. The number of carbonyl (C=O) groups is 1. The molecule has 9 heteroatoms. The molecule has 0 saturated carbocycles. The molecule has 29 heavy (non-hydrogen) atoms. The Hall–Kier alpha value is -2.10. The number of nitrogens with zero attached hydrogens (tertiary/aromatic N) is 1. The molecule has 2 heterocycles. The van der Waals surface area contributed by atoms with Crippen molar-refractivity contribution in [2.24, 2.45) is 5.92 Å². The van der Waals surface area contributed by atoms with Crippen LogP contribution in [0.3, 0.4) is 0 Å². The van der Waals surface area contributed by atoms with Gasteiger partial charge in [-0.15, -0.1) is 11.3 Å². The number of sulfonamides is 1. The minimum atomic E-state index is -3.52. The van der Waals surface area contributed by atoms with Crippen molar-refractivity contribution in [1.29, 1.82) is 0 Å². The highest BCUT2D eigenvalue weighted by Gasteiger charge is 2.33. The van der Waals surface area contributed by atoms with Gasteiger partial charge >= 0.3 is 0 Å². The number of carbonyl (C=O) groups excluding carboxylic acids is 1. The minimum absolute atomic E-state index is 0.100. The van der Waals surface area contributed by atoms with Gasteiger partial charge in [0.05, 0.1) is 20.1 Å². The molecule has 0 bridgehead atoms. The second-order valence-electron chi connectivity index (χ2n) is 6.86. The van der Waals surface area contributed by atoms with Gasteiger partial charge in [-0.2, -0.15) is 4.31 Å². The summed E-state index contributed by atoms with van der Waals surface area (Å²) in [6.07, 6.45) is 2.02. The molecule has 1 fully saturated rings. The third-order valence-corrected chi connectivity index (χ3v) is 8.24. The smallest absolute Gasteiger partial charge is 0.252 e. The Morgan fingerprint density at radius 2 is 2.03 bits per heavy atom. The Balaban J connectivity index is 1.54. The van der Waals surface area contributed by atoms with E-state index in [1.807, 2.05) is 18.2 Å². The maximum Gasteiger partial charge on any atom is 0.252 e. The lowest BCUT2D eigenvalue weighted by atomic mass is 9.99. The van der Waals surface area contributed by atoms with Crippen molar-refractivity contribution in [3.63, 3.8) is 0 Å². The van der Waals surface area contributed by atoms with Crippen LogP contribution in [0.15, 0.2) is 39.9 Å². The largest absolute Gasteiger partial charge is 0.493 e. The van der Waals surface area contributed by atoms with Crippen LogP contribution in [0.25, 0.3) is 0 Å². The molecule has 1 aromatic heterocycles. The second-order valence-corrected chi connectivity index (χ2v) is 9.98. The summed E-state index contributed by atoms with van der Waals surface area (Å²) in [5, 5.41) is 4.69. The summed E-state index contributed by atoms with van der Waals surface area (Å²) < 4.78 is 37.7. The van der Waals surface area contributed by atoms with E-state index in [1.165, 1.54) is 15.6 Å². The number of ether oxygens (including phenoxy) is 2. The number of amides is 1. The first kappa shape index (κ1) is 21.6. The van der Waals surface area contributed by atoms with Gasteiger partial charge in [-0.25, -0.2) is 8.42 Å². The van der Waals surface area contributed by atoms with Crippen molar-refractivity contribution in [3.05, 3.63) is 41.3 Å². The van der Waals surface area contributed by atoms with Crippen LogP contribution in [-0.4, -0.2) is 52.5 Å². The van der Waals surface area contributed by atoms with E-state index in [0.29, 0.717) is 48.1 Å². The number of piperidine rings is 1. The van der Waals surface area contributed by atoms with Crippen LogP contribution < -0.4 is 14.8 Å². The lowest BCUT2D eigenvalue weighted by Gasteiger charge is -2.30. The normalized spacial score (nSPS) is 17.7. The van der Waals surface area contributed by atoms with Crippen LogP contribution in [0, 0.1) is 5.92 Å². The predicted molar refractivity (Wildman–Crippen MR) is 112 cm³/mol. The first-order chi connectivity index (χ1) is 14.0. The fraction of sp³-hybridized carbons (Fsp3) is 0.450. The van der Waals surface area contributed by atoms with E-state index in [2.05, 4.69) is 5.32 Å². The molecule has 0 aliphatic carbocycles. The van der Waals surface area contributed by atoms with Gasteiger partial charge < -0.3 is 14.8 Å². The van der Waals surface area contributed by atoms with E-state index in [4.69, 9.17) is 9.47 Å². The molecule has 3 rings (SSSR count). The fourth-order valence-corrected chi connectivity index (χ4v) is 6.09. The topological polar surface area (TPSA) is 84.9 Å². The summed E-state index contributed by atoms with van der Waals surface area (Å²) in [6, 6.07) is 8.99. The first-order valence-corrected chi connectivity index (χ1v) is 11.8. The minimum Gasteiger partial charge on any atom is -0.493 e. The highest BCUT2D eigenvalue weighted by atomic mass is 32.2. The Bertz CT molecular complexity index is 928. The standard InChI is InChI=1S/C20H26N2O5S2/c1-26-17-8-7-15(13-18(17)27-2)9-10-21-20(23)16-5-3-11-22(14-16)29(24,25)19-6-4-12-28-19/h4,6-8,12-13,16H,3,5,9-11,14H2,1-2H3,(H,21,23)/t16-/m0/s1. The van der Waals surface area contributed by atoms with E-state index in [0.717, 1.165) is 5.56 Å². The van der Waals surface area contributed by atoms with E-state index in [-0.39, 0.29) is 18.4 Å². The molecule has 2 aromatic rings. The van der Waals surface area contributed by atoms with Crippen molar-refractivity contribution >= 4 is 27.3 Å². The predicted octanol–water partition coefficient (Wildman–Crippen LogP) is 2.52. The van der Waals surface area contributed by atoms with Crippen LogP contribution in [0.5, 0.6) is 11.5 Å². The van der Waals surface area contributed by atoms with E-state index >= 15 is 0 Å². The Morgan fingerprint density at radius 3 is 2.72 bits per heavy atom. The number of nitrogens with one attached hydrogen (secondary N) is 1. The maximum atomic E-state index is 12.7. The maximum absolute atomic E-state index is 12.7. The van der Waals surface area contributed by atoms with Gasteiger partial charge in [0.2, 0.25) is 5.91 Å². The summed E-state index contributed by atoms with van der Waals surface area (Å²) in [7, 11) is -0.344. The zero-order valence-corrected chi connectivity index (χ0v) is 18.2. The average Bonchev–Trinajstić information content (AvgIpc) is 3.29. The van der Waals surface area contributed by atoms with Gasteiger partial charge in [-0.05, 0) is 48.4 Å². The van der Waals surface area contributed by atoms with Crippen LogP contribution in [0.2, 0.25) is 0 Å². The second kappa shape index (κ2) is 9.60. The first-order valence-electron chi connectivity index (χ1n) is 9.48. The molecule has 1 aliphatic heterocycles. The summed E-state index contributed by atoms with van der Waals surface area (Å²) in [5.41, 5.74) is 1.02. The molecule has 1 aromatic carbocycles. The van der Waals surface area contributed by atoms with Crippen molar-refractivity contribution in [2.45, 2.75) is 23.5 Å². The lowest BCUT2D eigenvalue weighted by Crippen LogP contribution is -2.45. The average molecular weight is 439 g/mol. The van der Waals surface area contributed by atoms with Gasteiger partial charge in [-0.1, -0.05) is 12.1 Å². The Labute approximate surface area is 175 Å². The highest BCUT2D eigenvalue weighted by molar-refractivity contribution is 7.91. The summed E-state index contributed by atoms with van der Waals surface area (Å²) in [5.74, 6) is 0.882. The third-order valence-electron chi connectivity index (χ3n) is 5.00. The van der Waals surface area contributed by atoms with E-state index in [1.54, 1.807) is 31.7 Å². The molecule has 158 valence electrons. The SMILES string of the molecule is COc1ccc(CCNC(=O)[C@H]2CCCN(S(=O)(=O)c3cccs3)C2)cc1OC. The van der Waals surface area contributed by atoms with Gasteiger partial charge in [-0.3, -0.25) is 4.79 Å². The Morgan fingerprint density at radius 1 is 1.24 bits per heavy atom. The van der Waals surface area contributed by atoms with Crippen molar-refractivity contribution in [3.8, 4) is 11.5 Å². The molecule has 0 unspecified atom stereocenters. The van der Waals surface area contributed by atoms with Gasteiger partial charge in [0.25, 0.3) is 10.0 Å². The van der Waals surface area contributed by atoms with Crippen LogP contribution in [0.4, 0.5) is 0 Å². The van der Waals surface area contributed by atoms with Crippen molar-refractivity contribution in [2.75, 3.05) is 33.9 Å². The van der Waals surface area contributed by atoms with Crippen LogP contribution in [0.1, 0.15) is 18.4 Å². The van der Waals surface area contributed by atoms with E-state index < -0.39 is 10.0 Å². The van der Waals surface area contributed by atoms with Gasteiger partial charge in [0.15, 0.2) is 11.5 Å². The molecule has 1 atom stereocenters. The number of benzene rings is 1. The van der Waals surface area contributed by atoms with E-state index in [9.17, 15) is 13.2 Å². The molecule has 0 radical (unpaired) electrons. The lowest BCUT2D eigenvalue weighted by molar-refractivity contribution is -0.126. The number of hydrogen-bond acceptors (Lipinski definition) is 6. The van der Waals surface area contributed by atoms with Gasteiger partial charge in [0, 0.05) is 19.6 Å². The fourth-order valence-electron chi connectivity index (χ4n) is 3.42. The van der Waals surface area contributed by atoms with Crippen molar-refractivity contribution in [1.82, 2.24) is 9.62 Å². The highest BCUT2D eigenvalue weighted by Crippen LogP contribution is 2.28. The van der Waals surface area contributed by atoms with Gasteiger partial charge in [0.1, 0.15) is 4.21 Å². The van der Waals surface area contributed by atoms with Crippen LogP contribution in [-0.2, 0) is 21.2 Å².